The summed E-state index contributed by atoms with van der Waals surface area (Å²) in [4.78, 5) is 23.8. The van der Waals surface area contributed by atoms with Gasteiger partial charge in [0.25, 0.3) is 5.89 Å². The van der Waals surface area contributed by atoms with Crippen molar-refractivity contribution in [1.29, 1.82) is 0 Å². The molecule has 1 aliphatic heterocycles. The van der Waals surface area contributed by atoms with Crippen LogP contribution in [0.15, 0.2) is 58.2 Å². The van der Waals surface area contributed by atoms with Crippen molar-refractivity contribution in [3.8, 4) is 11.5 Å². The number of amides is 1. The van der Waals surface area contributed by atoms with Crippen LogP contribution in [0.4, 0.5) is 5.69 Å². The van der Waals surface area contributed by atoms with E-state index in [0.29, 0.717) is 24.7 Å². The molecule has 0 radical (unpaired) electrons. The van der Waals surface area contributed by atoms with E-state index in [9.17, 15) is 4.79 Å². The van der Waals surface area contributed by atoms with E-state index in [-0.39, 0.29) is 11.8 Å². The Kier molecular flexibility index (Phi) is 4.23. The van der Waals surface area contributed by atoms with Crippen LogP contribution in [0, 0.1) is 0 Å². The van der Waals surface area contributed by atoms with Gasteiger partial charge in [-0.2, -0.15) is 4.98 Å². The molecule has 3 aromatic rings. The highest BCUT2D eigenvalue weighted by molar-refractivity contribution is 7.98. The van der Waals surface area contributed by atoms with Gasteiger partial charge < -0.3 is 9.42 Å². The van der Waals surface area contributed by atoms with E-state index < -0.39 is 0 Å². The standard InChI is InChI=1S/C18H16N4O2S/c1-25-15-4-2-3-14(10-15)22-11-13(9-16(22)23)17-20-18(24-21-17)12-5-7-19-8-6-12/h2-8,10,13H,9,11H2,1H3. The van der Waals surface area contributed by atoms with Crippen LogP contribution in [-0.2, 0) is 4.79 Å². The summed E-state index contributed by atoms with van der Waals surface area (Å²) < 4.78 is 5.35. The summed E-state index contributed by atoms with van der Waals surface area (Å²) >= 11 is 1.66. The third-order valence-corrected chi connectivity index (χ3v) is 4.95. The van der Waals surface area contributed by atoms with Gasteiger partial charge in [0.15, 0.2) is 5.82 Å². The van der Waals surface area contributed by atoms with Crippen molar-refractivity contribution in [2.45, 2.75) is 17.2 Å². The summed E-state index contributed by atoms with van der Waals surface area (Å²) in [6.07, 6.45) is 5.77. The van der Waals surface area contributed by atoms with Gasteiger partial charge in [0.2, 0.25) is 5.91 Å². The van der Waals surface area contributed by atoms with Crippen LogP contribution in [0.1, 0.15) is 18.2 Å². The Labute approximate surface area is 149 Å². The average molecular weight is 352 g/mol. The molecule has 7 heteroatoms. The van der Waals surface area contributed by atoms with Crippen LogP contribution >= 0.6 is 11.8 Å². The van der Waals surface area contributed by atoms with Gasteiger partial charge in [-0.25, -0.2) is 0 Å². The van der Waals surface area contributed by atoms with Crippen LogP contribution in [0.5, 0.6) is 0 Å². The van der Waals surface area contributed by atoms with Crippen LogP contribution in [0.25, 0.3) is 11.5 Å². The SMILES string of the molecule is CSc1cccc(N2CC(c3noc(-c4ccncc4)n3)CC2=O)c1. The van der Waals surface area contributed by atoms with Crippen LogP contribution in [0.2, 0.25) is 0 Å². The molecule has 1 atom stereocenters. The Morgan fingerprint density at radius 3 is 2.88 bits per heavy atom. The van der Waals surface area contributed by atoms with Gasteiger partial charge in [0.05, 0.1) is 0 Å². The molecule has 1 aromatic carbocycles. The number of anilines is 1. The normalized spacial score (nSPS) is 17.2. The van der Waals surface area contributed by atoms with Gasteiger partial charge in [-0.3, -0.25) is 9.78 Å². The predicted molar refractivity (Wildman–Crippen MR) is 95.5 cm³/mol. The van der Waals surface area contributed by atoms with Crippen molar-refractivity contribution in [2.75, 3.05) is 17.7 Å². The third kappa shape index (κ3) is 3.15. The molecule has 4 rings (SSSR count). The fourth-order valence-electron chi connectivity index (χ4n) is 2.92. The molecule has 1 aliphatic rings. The Bertz CT molecular complexity index is 897. The van der Waals surface area contributed by atoms with Gasteiger partial charge in [0.1, 0.15) is 0 Å². The minimum absolute atomic E-state index is 0.0650. The van der Waals surface area contributed by atoms with Crippen molar-refractivity contribution in [3.63, 3.8) is 0 Å². The number of hydrogen-bond donors (Lipinski definition) is 0. The maximum absolute atomic E-state index is 12.5. The molecule has 126 valence electrons. The monoisotopic (exact) mass is 352 g/mol. The van der Waals surface area contributed by atoms with Gasteiger partial charge in [-0.15, -0.1) is 11.8 Å². The lowest BCUT2D eigenvalue weighted by Crippen LogP contribution is -2.24. The summed E-state index contributed by atoms with van der Waals surface area (Å²) in [5.74, 6) is 1.04. The molecule has 3 heterocycles. The Balaban J connectivity index is 1.55. The zero-order chi connectivity index (χ0) is 17.2. The molecule has 0 N–H and O–H groups in total. The smallest absolute Gasteiger partial charge is 0.258 e. The molecule has 0 bridgehead atoms. The highest BCUT2D eigenvalue weighted by Crippen LogP contribution is 2.32. The number of hydrogen-bond acceptors (Lipinski definition) is 6. The van der Waals surface area contributed by atoms with Gasteiger partial charge in [-0.05, 0) is 36.6 Å². The molecule has 0 aliphatic carbocycles. The Morgan fingerprint density at radius 2 is 2.08 bits per heavy atom. The first kappa shape index (κ1) is 15.8. The maximum atomic E-state index is 12.5. The highest BCUT2D eigenvalue weighted by Gasteiger charge is 2.34. The van der Waals surface area contributed by atoms with Gasteiger partial charge in [-0.1, -0.05) is 11.2 Å². The predicted octanol–water partition coefficient (Wildman–Crippen LogP) is 3.37. The summed E-state index contributed by atoms with van der Waals surface area (Å²) in [5, 5.41) is 4.08. The zero-order valence-electron chi connectivity index (χ0n) is 13.6. The van der Waals surface area contributed by atoms with Crippen molar-refractivity contribution in [1.82, 2.24) is 15.1 Å². The molecule has 0 spiro atoms. The van der Waals surface area contributed by atoms with E-state index in [1.54, 1.807) is 29.1 Å². The van der Waals surface area contributed by atoms with Crippen molar-refractivity contribution < 1.29 is 9.32 Å². The van der Waals surface area contributed by atoms with Crippen molar-refractivity contribution in [2.24, 2.45) is 0 Å². The number of carbonyl (C=O) groups excluding carboxylic acids is 1. The molecule has 2 aromatic heterocycles. The minimum atomic E-state index is -0.0650. The molecule has 1 unspecified atom stereocenters. The van der Waals surface area contributed by atoms with Crippen molar-refractivity contribution in [3.05, 3.63) is 54.6 Å². The largest absolute Gasteiger partial charge is 0.334 e. The quantitative estimate of drug-likeness (QED) is 0.670. The second kappa shape index (κ2) is 6.68. The third-order valence-electron chi connectivity index (χ3n) is 4.22. The molecule has 25 heavy (non-hydrogen) atoms. The van der Waals surface area contributed by atoms with E-state index in [1.807, 2.05) is 42.7 Å². The zero-order valence-corrected chi connectivity index (χ0v) is 14.4. The molecule has 1 amide bonds. The first-order valence-corrected chi connectivity index (χ1v) is 9.15. The molecular formula is C18H16N4O2S. The fourth-order valence-corrected chi connectivity index (χ4v) is 3.37. The topological polar surface area (TPSA) is 72.1 Å². The number of rotatable bonds is 4. The number of carbonyl (C=O) groups is 1. The van der Waals surface area contributed by atoms with E-state index in [0.717, 1.165) is 16.1 Å². The first-order chi connectivity index (χ1) is 12.2. The number of pyridine rings is 1. The van der Waals surface area contributed by atoms with E-state index in [4.69, 9.17) is 4.52 Å². The molecule has 0 saturated carbocycles. The molecular weight excluding hydrogens is 336 g/mol. The number of aromatic nitrogens is 3. The molecule has 1 saturated heterocycles. The summed E-state index contributed by atoms with van der Waals surface area (Å²) in [6.45, 7) is 0.561. The molecule has 1 fully saturated rings. The Hall–Kier alpha value is -2.67. The van der Waals surface area contributed by atoms with Crippen LogP contribution in [-0.4, -0.2) is 33.8 Å². The summed E-state index contributed by atoms with van der Waals surface area (Å²) in [6, 6.07) is 11.6. The maximum Gasteiger partial charge on any atom is 0.258 e. The highest BCUT2D eigenvalue weighted by atomic mass is 32.2. The van der Waals surface area contributed by atoms with Gasteiger partial charge in [0, 0.05) is 47.4 Å². The number of benzene rings is 1. The van der Waals surface area contributed by atoms with E-state index in [2.05, 4.69) is 15.1 Å². The minimum Gasteiger partial charge on any atom is -0.334 e. The van der Waals surface area contributed by atoms with Crippen LogP contribution < -0.4 is 4.90 Å². The average Bonchev–Trinajstić information content (AvgIpc) is 3.29. The number of thioether (sulfide) groups is 1. The Morgan fingerprint density at radius 1 is 1.24 bits per heavy atom. The lowest BCUT2D eigenvalue weighted by molar-refractivity contribution is -0.117. The fraction of sp³-hybridized carbons (Fsp3) is 0.222. The first-order valence-electron chi connectivity index (χ1n) is 7.93. The lowest BCUT2D eigenvalue weighted by Gasteiger charge is -2.16. The van der Waals surface area contributed by atoms with E-state index >= 15 is 0 Å². The lowest BCUT2D eigenvalue weighted by atomic mass is 10.1. The second-order valence-electron chi connectivity index (χ2n) is 5.80. The van der Waals surface area contributed by atoms with Gasteiger partial charge >= 0.3 is 0 Å². The number of nitrogens with zero attached hydrogens (tertiary/aromatic N) is 4. The second-order valence-corrected chi connectivity index (χ2v) is 6.68. The summed E-state index contributed by atoms with van der Waals surface area (Å²) in [7, 11) is 0. The van der Waals surface area contributed by atoms with Crippen molar-refractivity contribution >= 4 is 23.4 Å². The van der Waals surface area contributed by atoms with Crippen LogP contribution in [0.3, 0.4) is 0 Å². The summed E-state index contributed by atoms with van der Waals surface area (Å²) in [5.41, 5.74) is 1.74. The molecule has 6 nitrogen and oxygen atoms in total. The van der Waals surface area contributed by atoms with E-state index in [1.165, 1.54) is 0 Å².